The molecule has 4 nitrogen and oxygen atoms in total. The van der Waals surface area contributed by atoms with Crippen molar-refractivity contribution in [1.82, 2.24) is 4.90 Å². The Morgan fingerprint density at radius 2 is 1.50 bits per heavy atom. The fourth-order valence-electron chi connectivity index (χ4n) is 3.50. The number of rotatable bonds is 23. The maximum absolute atomic E-state index is 12.1. The highest BCUT2D eigenvalue weighted by Crippen LogP contribution is 2.15. The van der Waals surface area contributed by atoms with Crippen LogP contribution in [0.2, 0.25) is 6.04 Å². The maximum atomic E-state index is 12.1. The van der Waals surface area contributed by atoms with Crippen LogP contribution in [0.3, 0.4) is 0 Å². The molecule has 0 aromatic rings. The summed E-state index contributed by atoms with van der Waals surface area (Å²) in [6, 6.07) is 1.11. The lowest BCUT2D eigenvalue weighted by Gasteiger charge is -2.21. The van der Waals surface area contributed by atoms with Gasteiger partial charge in [0, 0.05) is 31.9 Å². The van der Waals surface area contributed by atoms with Gasteiger partial charge in [-0.25, -0.2) is 0 Å². The first-order valence-corrected chi connectivity index (χ1v) is 15.8. The first-order valence-electron chi connectivity index (χ1n) is 12.7. The van der Waals surface area contributed by atoms with Crippen molar-refractivity contribution >= 4 is 25.9 Å². The van der Waals surface area contributed by atoms with Crippen molar-refractivity contribution in [3.8, 4) is 0 Å². The van der Waals surface area contributed by atoms with E-state index < -0.39 is 9.04 Å². The summed E-state index contributed by atoms with van der Waals surface area (Å²) < 4.78 is 11.8. The summed E-state index contributed by atoms with van der Waals surface area (Å²) in [5.41, 5.74) is 0. The quantitative estimate of drug-likeness (QED) is 0.133. The molecule has 0 aliphatic carbocycles. The standard InChI is InChI=1S/C24H51NO3SSi/c1-5-9-10-11-12-13-14-15-16-18-24(26)29-21-17-22-30(23-27-8-4)28-20-19-25(6-2)7-3/h30H,5-23H2,1-4H3. The van der Waals surface area contributed by atoms with Crippen LogP contribution in [0, 0.1) is 0 Å². The smallest absolute Gasteiger partial charge is 0.202 e. The molecule has 0 saturated heterocycles. The summed E-state index contributed by atoms with van der Waals surface area (Å²) in [6.45, 7) is 13.4. The summed E-state index contributed by atoms with van der Waals surface area (Å²) >= 11 is 1.53. The van der Waals surface area contributed by atoms with Gasteiger partial charge in [-0.05, 0) is 38.9 Å². The number of hydrogen-bond acceptors (Lipinski definition) is 5. The van der Waals surface area contributed by atoms with E-state index in [2.05, 4.69) is 25.7 Å². The van der Waals surface area contributed by atoms with E-state index in [1.54, 1.807) is 0 Å². The van der Waals surface area contributed by atoms with E-state index >= 15 is 0 Å². The topological polar surface area (TPSA) is 38.8 Å². The SMILES string of the molecule is CCCCCCCCCCCC(=O)SCCC[SiH](COCC)OCCN(CC)CC. The molecule has 6 heteroatoms. The molecule has 180 valence electrons. The first kappa shape index (κ1) is 30.1. The number of hydrogen-bond donors (Lipinski definition) is 0. The second-order valence-electron chi connectivity index (χ2n) is 8.12. The molecule has 1 atom stereocenters. The number of unbranched alkanes of at least 4 members (excludes halogenated alkanes) is 8. The molecule has 0 spiro atoms. The highest BCUT2D eigenvalue weighted by molar-refractivity contribution is 8.13. The third-order valence-corrected chi connectivity index (χ3v) is 8.97. The first-order chi connectivity index (χ1) is 14.7. The number of carbonyl (C=O) groups is 1. The minimum atomic E-state index is -1.32. The number of likely N-dealkylation sites (N-methyl/N-ethyl adjacent to an activating group) is 1. The summed E-state index contributed by atoms with van der Waals surface area (Å²) in [5, 5.41) is 0.378. The Morgan fingerprint density at radius 1 is 0.867 bits per heavy atom. The van der Waals surface area contributed by atoms with E-state index in [1.165, 1.54) is 63.1 Å². The lowest BCUT2D eigenvalue weighted by Crippen LogP contribution is -2.32. The Kier molecular flexibility index (Phi) is 23.9. The number of carbonyl (C=O) groups excluding carboxylic acids is 1. The molecular formula is C24H51NO3SSi. The van der Waals surface area contributed by atoms with Crippen LogP contribution < -0.4 is 0 Å². The maximum Gasteiger partial charge on any atom is 0.202 e. The van der Waals surface area contributed by atoms with Crippen LogP contribution in [0.15, 0.2) is 0 Å². The third-order valence-electron chi connectivity index (χ3n) is 5.58. The molecule has 0 fully saturated rings. The van der Waals surface area contributed by atoms with Gasteiger partial charge in [-0.1, -0.05) is 83.9 Å². The van der Waals surface area contributed by atoms with Crippen LogP contribution in [0.25, 0.3) is 0 Å². The second kappa shape index (κ2) is 23.8. The van der Waals surface area contributed by atoms with Gasteiger partial charge in [0.2, 0.25) is 9.04 Å². The molecule has 0 radical (unpaired) electrons. The fraction of sp³-hybridized carbons (Fsp3) is 0.958. The van der Waals surface area contributed by atoms with Gasteiger partial charge in [-0.3, -0.25) is 4.79 Å². The molecule has 0 aliphatic rings. The van der Waals surface area contributed by atoms with Gasteiger partial charge in [0.05, 0.1) is 6.23 Å². The second-order valence-corrected chi connectivity index (χ2v) is 11.8. The minimum absolute atomic E-state index is 0.378. The zero-order valence-corrected chi connectivity index (χ0v) is 22.6. The highest BCUT2D eigenvalue weighted by Gasteiger charge is 2.13. The molecule has 0 bridgehead atoms. The Bertz CT molecular complexity index is 370. The van der Waals surface area contributed by atoms with Crippen molar-refractivity contribution in [2.75, 3.05) is 44.8 Å². The fourth-order valence-corrected chi connectivity index (χ4v) is 6.65. The van der Waals surface area contributed by atoms with E-state index in [9.17, 15) is 4.79 Å². The molecule has 0 rings (SSSR count). The van der Waals surface area contributed by atoms with Crippen molar-refractivity contribution in [3.63, 3.8) is 0 Å². The zero-order valence-electron chi connectivity index (χ0n) is 20.6. The summed E-state index contributed by atoms with van der Waals surface area (Å²) in [6.07, 6.45) is 14.4. The molecule has 0 aromatic carbocycles. The predicted molar refractivity (Wildman–Crippen MR) is 136 cm³/mol. The van der Waals surface area contributed by atoms with Gasteiger partial charge < -0.3 is 14.1 Å². The van der Waals surface area contributed by atoms with Crippen molar-refractivity contribution in [3.05, 3.63) is 0 Å². The Morgan fingerprint density at radius 3 is 2.10 bits per heavy atom. The van der Waals surface area contributed by atoms with Gasteiger partial charge in [0.15, 0.2) is 5.12 Å². The molecule has 1 unspecified atom stereocenters. The van der Waals surface area contributed by atoms with Gasteiger partial charge >= 0.3 is 0 Å². The molecule has 0 N–H and O–H groups in total. The van der Waals surface area contributed by atoms with Crippen LogP contribution in [0.5, 0.6) is 0 Å². The van der Waals surface area contributed by atoms with E-state index in [4.69, 9.17) is 9.16 Å². The summed E-state index contributed by atoms with van der Waals surface area (Å²) in [7, 11) is -1.32. The van der Waals surface area contributed by atoms with E-state index in [-0.39, 0.29) is 0 Å². The molecule has 0 amide bonds. The predicted octanol–water partition coefficient (Wildman–Crippen LogP) is 6.22. The van der Waals surface area contributed by atoms with Crippen LogP contribution in [-0.4, -0.2) is 63.9 Å². The largest absolute Gasteiger partial charge is 0.416 e. The number of ether oxygens (including phenoxy) is 1. The normalized spacial score (nSPS) is 12.6. The van der Waals surface area contributed by atoms with Crippen LogP contribution in [-0.2, 0) is 14.0 Å². The van der Waals surface area contributed by atoms with Crippen LogP contribution >= 0.6 is 11.8 Å². The van der Waals surface area contributed by atoms with Gasteiger partial charge in [0.1, 0.15) is 0 Å². The molecule has 30 heavy (non-hydrogen) atoms. The average molecular weight is 462 g/mol. The Hall–Kier alpha value is 0.117. The molecule has 0 heterocycles. The lowest BCUT2D eigenvalue weighted by molar-refractivity contribution is -0.111. The number of nitrogens with zero attached hydrogens (tertiary/aromatic N) is 1. The van der Waals surface area contributed by atoms with Crippen molar-refractivity contribution < 1.29 is 14.0 Å². The van der Waals surface area contributed by atoms with Gasteiger partial charge in [-0.2, -0.15) is 0 Å². The summed E-state index contributed by atoms with van der Waals surface area (Å²) in [4.78, 5) is 14.5. The van der Waals surface area contributed by atoms with E-state index in [1.807, 2.05) is 6.92 Å². The van der Waals surface area contributed by atoms with Gasteiger partial charge in [0.25, 0.3) is 0 Å². The summed E-state index contributed by atoms with van der Waals surface area (Å²) in [5.74, 6) is 0.936. The van der Waals surface area contributed by atoms with Crippen molar-refractivity contribution in [2.24, 2.45) is 0 Å². The Balaban J connectivity index is 3.71. The molecule has 0 aromatic heterocycles. The third kappa shape index (κ3) is 20.0. The van der Waals surface area contributed by atoms with Crippen LogP contribution in [0.4, 0.5) is 0 Å². The van der Waals surface area contributed by atoms with Crippen LogP contribution in [0.1, 0.15) is 98.3 Å². The lowest BCUT2D eigenvalue weighted by atomic mass is 10.1. The van der Waals surface area contributed by atoms with E-state index in [0.29, 0.717) is 5.12 Å². The van der Waals surface area contributed by atoms with E-state index in [0.717, 1.165) is 70.1 Å². The van der Waals surface area contributed by atoms with Crippen molar-refractivity contribution in [1.29, 1.82) is 0 Å². The van der Waals surface area contributed by atoms with Gasteiger partial charge in [-0.15, -0.1) is 0 Å². The highest BCUT2D eigenvalue weighted by atomic mass is 32.2. The average Bonchev–Trinajstić information content (AvgIpc) is 2.76. The van der Waals surface area contributed by atoms with Crippen molar-refractivity contribution in [2.45, 2.75) is 104 Å². The minimum Gasteiger partial charge on any atom is -0.416 e. The molecular weight excluding hydrogens is 410 g/mol. The monoisotopic (exact) mass is 461 g/mol. The zero-order chi connectivity index (χ0) is 22.3. The molecule has 0 saturated carbocycles. The number of thioether (sulfide) groups is 1. The molecule has 0 aliphatic heterocycles. The Labute approximate surface area is 194 Å².